The highest BCUT2D eigenvalue weighted by Crippen LogP contribution is 2.15. The molecule has 0 spiro atoms. The Labute approximate surface area is 117 Å². The molecule has 2 rings (SSSR count). The summed E-state index contributed by atoms with van der Waals surface area (Å²) in [4.78, 5) is 22.6. The zero-order valence-electron chi connectivity index (χ0n) is 10.4. The van der Waals surface area contributed by atoms with Gasteiger partial charge >= 0.3 is 0 Å². The Balaban J connectivity index is 0.00000180. The van der Waals surface area contributed by atoms with Crippen LogP contribution in [0.1, 0.15) is 18.4 Å². The summed E-state index contributed by atoms with van der Waals surface area (Å²) < 4.78 is 0. The van der Waals surface area contributed by atoms with E-state index in [1.165, 1.54) is 0 Å². The van der Waals surface area contributed by atoms with Gasteiger partial charge in [-0.2, -0.15) is 0 Å². The van der Waals surface area contributed by atoms with E-state index in [2.05, 4.69) is 10.6 Å². The molecule has 1 aromatic rings. The van der Waals surface area contributed by atoms with Gasteiger partial charge in [-0.1, -0.05) is 12.1 Å². The van der Waals surface area contributed by atoms with Crippen molar-refractivity contribution in [2.45, 2.75) is 25.3 Å². The molecule has 1 saturated heterocycles. The maximum Gasteiger partial charge on any atom is 0.249 e. The third-order valence-electron chi connectivity index (χ3n) is 2.93. The molecular weight excluding hydrogens is 268 g/mol. The standard InChI is InChI=1S/C13H16N2O3.ClH/c16-8-7-9-1-3-10(4-2-9)14-11-5-6-12(17)15-13(11)18;/h1-4,11,14,16H,5-8H2,(H,15,17,18);1H. The lowest BCUT2D eigenvalue weighted by Crippen LogP contribution is -2.47. The molecular formula is C13H17ClN2O3. The van der Waals surface area contributed by atoms with Crippen molar-refractivity contribution in [3.05, 3.63) is 29.8 Å². The SMILES string of the molecule is Cl.O=C1CCC(Nc2ccc(CCO)cc2)C(=O)N1. The molecule has 1 fully saturated rings. The topological polar surface area (TPSA) is 78.4 Å². The largest absolute Gasteiger partial charge is 0.396 e. The maximum atomic E-state index is 11.6. The molecule has 1 aromatic carbocycles. The molecule has 5 nitrogen and oxygen atoms in total. The van der Waals surface area contributed by atoms with Crippen LogP contribution in [0.25, 0.3) is 0 Å². The fourth-order valence-electron chi connectivity index (χ4n) is 1.93. The minimum atomic E-state index is -0.355. The Hall–Kier alpha value is -1.59. The molecule has 19 heavy (non-hydrogen) atoms. The number of benzene rings is 1. The zero-order chi connectivity index (χ0) is 13.0. The van der Waals surface area contributed by atoms with Gasteiger partial charge in [0.15, 0.2) is 0 Å². The van der Waals surface area contributed by atoms with Crippen molar-refractivity contribution in [2.24, 2.45) is 0 Å². The van der Waals surface area contributed by atoms with Gasteiger partial charge in [-0.05, 0) is 30.5 Å². The van der Waals surface area contributed by atoms with Crippen LogP contribution in [0.4, 0.5) is 5.69 Å². The summed E-state index contributed by atoms with van der Waals surface area (Å²) in [5.74, 6) is -0.484. The minimum absolute atomic E-state index is 0. The lowest BCUT2D eigenvalue weighted by Gasteiger charge is -2.22. The van der Waals surface area contributed by atoms with Crippen LogP contribution in [0.3, 0.4) is 0 Å². The van der Waals surface area contributed by atoms with Gasteiger partial charge in [0.05, 0.1) is 0 Å². The molecule has 3 N–H and O–H groups in total. The van der Waals surface area contributed by atoms with Crippen molar-refractivity contribution in [3.63, 3.8) is 0 Å². The lowest BCUT2D eigenvalue weighted by molar-refractivity contribution is -0.133. The van der Waals surface area contributed by atoms with Gasteiger partial charge in [0.2, 0.25) is 11.8 Å². The minimum Gasteiger partial charge on any atom is -0.396 e. The van der Waals surface area contributed by atoms with Crippen LogP contribution in [0, 0.1) is 0 Å². The first-order valence-electron chi connectivity index (χ1n) is 5.99. The summed E-state index contributed by atoms with van der Waals surface area (Å²) in [6.07, 6.45) is 1.51. The molecule has 1 atom stereocenters. The first kappa shape index (κ1) is 15.5. The first-order valence-corrected chi connectivity index (χ1v) is 5.99. The molecule has 1 aliphatic heterocycles. The van der Waals surface area contributed by atoms with Gasteiger partial charge < -0.3 is 10.4 Å². The lowest BCUT2D eigenvalue weighted by atomic mass is 10.1. The third kappa shape index (κ3) is 4.22. The maximum absolute atomic E-state index is 11.6. The number of amides is 2. The third-order valence-corrected chi connectivity index (χ3v) is 2.93. The monoisotopic (exact) mass is 284 g/mol. The van der Waals surface area contributed by atoms with Crippen LogP contribution < -0.4 is 10.6 Å². The quantitative estimate of drug-likeness (QED) is 0.717. The van der Waals surface area contributed by atoms with Crippen molar-refractivity contribution >= 4 is 29.9 Å². The van der Waals surface area contributed by atoms with E-state index in [0.717, 1.165) is 11.3 Å². The van der Waals surface area contributed by atoms with E-state index >= 15 is 0 Å². The fourth-order valence-corrected chi connectivity index (χ4v) is 1.93. The number of hydrogen-bond donors (Lipinski definition) is 3. The van der Waals surface area contributed by atoms with Gasteiger partial charge in [-0.15, -0.1) is 12.4 Å². The molecule has 0 aromatic heterocycles. The highest BCUT2D eigenvalue weighted by molar-refractivity contribution is 6.01. The average molecular weight is 285 g/mol. The van der Waals surface area contributed by atoms with Gasteiger partial charge in [0.25, 0.3) is 0 Å². The predicted octanol–water partition coefficient (Wildman–Crippen LogP) is 0.860. The van der Waals surface area contributed by atoms with Crippen molar-refractivity contribution in [1.29, 1.82) is 0 Å². The fraction of sp³-hybridized carbons (Fsp3) is 0.385. The summed E-state index contributed by atoms with van der Waals surface area (Å²) in [7, 11) is 0. The number of carbonyl (C=O) groups excluding carboxylic acids is 2. The van der Waals surface area contributed by atoms with Gasteiger partial charge in [0, 0.05) is 18.7 Å². The second-order valence-corrected chi connectivity index (χ2v) is 4.32. The Morgan fingerprint density at radius 1 is 1.26 bits per heavy atom. The van der Waals surface area contributed by atoms with Crippen LogP contribution in [-0.2, 0) is 16.0 Å². The number of piperidine rings is 1. The van der Waals surface area contributed by atoms with Crippen LogP contribution in [-0.4, -0.2) is 29.6 Å². The summed E-state index contributed by atoms with van der Waals surface area (Å²) >= 11 is 0. The van der Waals surface area contributed by atoms with E-state index in [9.17, 15) is 9.59 Å². The zero-order valence-corrected chi connectivity index (χ0v) is 11.2. The van der Waals surface area contributed by atoms with Crippen LogP contribution >= 0.6 is 12.4 Å². The second-order valence-electron chi connectivity index (χ2n) is 4.32. The average Bonchev–Trinajstić information content (AvgIpc) is 2.35. The van der Waals surface area contributed by atoms with E-state index in [4.69, 9.17) is 5.11 Å². The molecule has 1 unspecified atom stereocenters. The molecule has 6 heteroatoms. The van der Waals surface area contributed by atoms with Gasteiger partial charge in [0.1, 0.15) is 6.04 Å². The normalized spacial score (nSPS) is 18.5. The van der Waals surface area contributed by atoms with Crippen LogP contribution in [0.15, 0.2) is 24.3 Å². The summed E-state index contributed by atoms with van der Waals surface area (Å²) in [6.45, 7) is 0.125. The van der Waals surface area contributed by atoms with Crippen molar-refractivity contribution < 1.29 is 14.7 Å². The number of halogens is 1. The Morgan fingerprint density at radius 3 is 2.53 bits per heavy atom. The summed E-state index contributed by atoms with van der Waals surface area (Å²) in [5, 5.41) is 14.2. The highest BCUT2D eigenvalue weighted by Gasteiger charge is 2.26. The Morgan fingerprint density at radius 2 is 1.95 bits per heavy atom. The smallest absolute Gasteiger partial charge is 0.249 e. The van der Waals surface area contributed by atoms with Crippen LogP contribution in [0.2, 0.25) is 0 Å². The van der Waals surface area contributed by atoms with E-state index in [0.29, 0.717) is 19.3 Å². The molecule has 0 aliphatic carbocycles. The van der Waals surface area contributed by atoms with E-state index < -0.39 is 0 Å². The predicted molar refractivity (Wildman–Crippen MR) is 74.3 cm³/mol. The van der Waals surface area contributed by atoms with E-state index in [1.807, 2.05) is 24.3 Å². The Kier molecular flexibility index (Phi) is 5.79. The highest BCUT2D eigenvalue weighted by atomic mass is 35.5. The number of hydrogen-bond acceptors (Lipinski definition) is 4. The van der Waals surface area contributed by atoms with Crippen molar-refractivity contribution in [2.75, 3.05) is 11.9 Å². The molecule has 1 aliphatic rings. The molecule has 1 heterocycles. The van der Waals surface area contributed by atoms with Crippen LogP contribution in [0.5, 0.6) is 0 Å². The first-order chi connectivity index (χ1) is 8.69. The van der Waals surface area contributed by atoms with Gasteiger partial charge in [-0.25, -0.2) is 0 Å². The number of rotatable bonds is 4. The number of nitrogens with one attached hydrogen (secondary N) is 2. The molecule has 2 amide bonds. The summed E-state index contributed by atoms with van der Waals surface area (Å²) in [6, 6.07) is 7.20. The Bertz CT molecular complexity index is 448. The number of aliphatic hydroxyl groups is 1. The molecule has 104 valence electrons. The van der Waals surface area contributed by atoms with E-state index in [-0.39, 0.29) is 36.9 Å². The number of anilines is 1. The molecule has 0 bridgehead atoms. The van der Waals surface area contributed by atoms with Crippen molar-refractivity contribution in [3.8, 4) is 0 Å². The molecule has 0 radical (unpaired) electrons. The number of carbonyl (C=O) groups is 2. The summed E-state index contributed by atoms with van der Waals surface area (Å²) in [5.41, 5.74) is 1.89. The second kappa shape index (κ2) is 7.11. The van der Waals surface area contributed by atoms with E-state index in [1.54, 1.807) is 0 Å². The molecule has 0 saturated carbocycles. The number of aliphatic hydroxyl groups excluding tert-OH is 1. The van der Waals surface area contributed by atoms with Gasteiger partial charge in [-0.3, -0.25) is 14.9 Å². The van der Waals surface area contributed by atoms with Crippen molar-refractivity contribution in [1.82, 2.24) is 5.32 Å². The number of imide groups is 1.